The fourth-order valence-electron chi connectivity index (χ4n) is 1.03. The molecule has 0 aliphatic rings. The molecular weight excluding hydrogens is 169 g/mol. The Labute approximate surface area is 76.8 Å². The molecule has 0 radical (unpaired) electrons. The maximum absolute atomic E-state index is 13.1. The maximum atomic E-state index is 13.1. The summed E-state index contributed by atoms with van der Waals surface area (Å²) in [5, 5.41) is 0. The van der Waals surface area contributed by atoms with Crippen LogP contribution in [-0.2, 0) is 0 Å². The Balaban J connectivity index is 3.02. The van der Waals surface area contributed by atoms with Crippen molar-refractivity contribution in [3.05, 3.63) is 42.2 Å². The van der Waals surface area contributed by atoms with Crippen molar-refractivity contribution in [2.24, 2.45) is 5.73 Å². The molecule has 0 saturated carbocycles. The monoisotopic (exact) mass is 181 g/mol. The fraction of sp³-hybridized carbons (Fsp3) is 0.200. The number of halogens is 1. The van der Waals surface area contributed by atoms with Crippen LogP contribution in [0.1, 0.15) is 11.6 Å². The van der Waals surface area contributed by atoms with Crippen molar-refractivity contribution >= 4 is 0 Å². The molecule has 0 bridgehead atoms. The first-order chi connectivity index (χ1) is 6.19. The second-order valence-corrected chi connectivity index (χ2v) is 2.66. The Morgan fingerprint density at radius 3 is 2.77 bits per heavy atom. The van der Waals surface area contributed by atoms with Gasteiger partial charge in [-0.3, -0.25) is 0 Å². The molecule has 2 N–H and O–H groups in total. The average Bonchev–Trinajstić information content (AvgIpc) is 2.16. The first-order valence-corrected chi connectivity index (χ1v) is 3.90. The molecule has 1 aromatic carbocycles. The van der Waals surface area contributed by atoms with Gasteiger partial charge in [-0.15, -0.1) is 6.58 Å². The minimum atomic E-state index is -0.405. The molecule has 0 fully saturated rings. The normalized spacial score (nSPS) is 12.2. The zero-order valence-corrected chi connectivity index (χ0v) is 7.46. The number of hydrogen-bond donors (Lipinski definition) is 1. The average molecular weight is 181 g/mol. The highest BCUT2D eigenvalue weighted by Crippen LogP contribution is 2.20. The van der Waals surface area contributed by atoms with Crippen LogP contribution in [0.2, 0.25) is 0 Å². The number of nitrogens with two attached hydrogens (primary N) is 1. The summed E-state index contributed by atoms with van der Waals surface area (Å²) >= 11 is 0. The largest absolute Gasteiger partial charge is 0.494 e. The van der Waals surface area contributed by atoms with E-state index in [1.807, 2.05) is 0 Å². The molecule has 0 aromatic heterocycles. The van der Waals surface area contributed by atoms with Crippen LogP contribution >= 0.6 is 0 Å². The standard InChI is InChI=1S/C10H12FNO/c1-3-9(12)7-4-5-10(13-2)8(11)6-7/h3-6,9H,1,12H2,2H3/t9-/m1/s1. The SMILES string of the molecule is C=C[C@@H](N)c1ccc(OC)c(F)c1. The molecule has 1 aromatic rings. The lowest BCUT2D eigenvalue weighted by Crippen LogP contribution is -2.06. The molecule has 1 rings (SSSR count). The highest BCUT2D eigenvalue weighted by atomic mass is 19.1. The molecule has 2 nitrogen and oxygen atoms in total. The van der Waals surface area contributed by atoms with E-state index >= 15 is 0 Å². The van der Waals surface area contributed by atoms with Gasteiger partial charge in [0.25, 0.3) is 0 Å². The van der Waals surface area contributed by atoms with Crippen molar-refractivity contribution in [3.63, 3.8) is 0 Å². The van der Waals surface area contributed by atoms with Crippen LogP contribution in [0.3, 0.4) is 0 Å². The molecular formula is C10H12FNO. The molecule has 3 heteroatoms. The maximum Gasteiger partial charge on any atom is 0.165 e. The summed E-state index contributed by atoms with van der Waals surface area (Å²) in [5.41, 5.74) is 6.32. The molecule has 0 aliphatic heterocycles. The van der Waals surface area contributed by atoms with E-state index in [9.17, 15) is 4.39 Å². The lowest BCUT2D eigenvalue weighted by Gasteiger charge is -2.08. The van der Waals surface area contributed by atoms with Gasteiger partial charge in [0.15, 0.2) is 11.6 Å². The van der Waals surface area contributed by atoms with Gasteiger partial charge < -0.3 is 10.5 Å². The van der Waals surface area contributed by atoms with Gasteiger partial charge in [0.05, 0.1) is 7.11 Å². The lowest BCUT2D eigenvalue weighted by molar-refractivity contribution is 0.386. The van der Waals surface area contributed by atoms with Crippen LogP contribution in [0.5, 0.6) is 5.75 Å². The van der Waals surface area contributed by atoms with Crippen molar-refractivity contribution in [1.29, 1.82) is 0 Å². The van der Waals surface area contributed by atoms with E-state index in [4.69, 9.17) is 10.5 Å². The van der Waals surface area contributed by atoms with Crippen molar-refractivity contribution < 1.29 is 9.13 Å². The van der Waals surface area contributed by atoms with Gasteiger partial charge in [0.1, 0.15) is 0 Å². The third-order valence-electron chi connectivity index (χ3n) is 1.81. The molecule has 13 heavy (non-hydrogen) atoms. The van der Waals surface area contributed by atoms with Crippen LogP contribution in [-0.4, -0.2) is 7.11 Å². The van der Waals surface area contributed by atoms with E-state index in [2.05, 4.69) is 6.58 Å². The quantitative estimate of drug-likeness (QED) is 0.724. The number of methoxy groups -OCH3 is 1. The van der Waals surface area contributed by atoms with Crippen LogP contribution in [0.15, 0.2) is 30.9 Å². The zero-order valence-electron chi connectivity index (χ0n) is 7.46. The third kappa shape index (κ3) is 2.06. The number of hydrogen-bond acceptors (Lipinski definition) is 2. The topological polar surface area (TPSA) is 35.2 Å². The van der Waals surface area contributed by atoms with Gasteiger partial charge in [-0.2, -0.15) is 0 Å². The minimum Gasteiger partial charge on any atom is -0.494 e. The van der Waals surface area contributed by atoms with E-state index in [0.29, 0.717) is 5.56 Å². The predicted molar refractivity (Wildman–Crippen MR) is 50.1 cm³/mol. The molecule has 0 spiro atoms. The van der Waals surface area contributed by atoms with E-state index in [0.717, 1.165) is 0 Å². The first kappa shape index (κ1) is 9.74. The summed E-state index contributed by atoms with van der Waals surface area (Å²) in [6, 6.07) is 4.29. The van der Waals surface area contributed by atoms with E-state index in [1.165, 1.54) is 13.2 Å². The van der Waals surface area contributed by atoms with Crippen LogP contribution < -0.4 is 10.5 Å². The second-order valence-electron chi connectivity index (χ2n) is 2.66. The number of ether oxygens (including phenoxy) is 1. The fourth-order valence-corrected chi connectivity index (χ4v) is 1.03. The Bertz CT molecular complexity index is 312. The number of rotatable bonds is 3. The van der Waals surface area contributed by atoms with Crippen molar-refractivity contribution in [3.8, 4) is 5.75 Å². The molecule has 0 saturated heterocycles. The van der Waals surface area contributed by atoms with Crippen LogP contribution in [0.25, 0.3) is 0 Å². The summed E-state index contributed by atoms with van der Waals surface area (Å²) < 4.78 is 17.9. The van der Waals surface area contributed by atoms with Crippen molar-refractivity contribution in [2.45, 2.75) is 6.04 Å². The van der Waals surface area contributed by atoms with Crippen LogP contribution in [0, 0.1) is 5.82 Å². The van der Waals surface area contributed by atoms with Crippen molar-refractivity contribution in [1.82, 2.24) is 0 Å². The van der Waals surface area contributed by atoms with Gasteiger partial charge in [-0.25, -0.2) is 4.39 Å². The van der Waals surface area contributed by atoms with E-state index in [1.54, 1.807) is 18.2 Å². The summed E-state index contributed by atoms with van der Waals surface area (Å²) in [6.45, 7) is 3.53. The molecule has 0 aliphatic carbocycles. The van der Waals surface area contributed by atoms with Gasteiger partial charge in [0, 0.05) is 6.04 Å². The summed E-state index contributed by atoms with van der Waals surface area (Å²) in [5.74, 6) is -0.183. The Kier molecular flexibility index (Phi) is 3.03. The van der Waals surface area contributed by atoms with E-state index < -0.39 is 5.82 Å². The highest BCUT2D eigenvalue weighted by Gasteiger charge is 2.06. The Morgan fingerprint density at radius 1 is 1.62 bits per heavy atom. The lowest BCUT2D eigenvalue weighted by atomic mass is 10.1. The van der Waals surface area contributed by atoms with Gasteiger partial charge in [-0.1, -0.05) is 12.1 Å². The van der Waals surface area contributed by atoms with Crippen LogP contribution in [0.4, 0.5) is 4.39 Å². The van der Waals surface area contributed by atoms with Gasteiger partial charge in [0.2, 0.25) is 0 Å². The zero-order chi connectivity index (χ0) is 9.84. The Morgan fingerprint density at radius 2 is 2.31 bits per heavy atom. The Hall–Kier alpha value is -1.35. The van der Waals surface area contributed by atoms with E-state index in [-0.39, 0.29) is 11.8 Å². The molecule has 0 unspecified atom stereocenters. The summed E-state index contributed by atoms with van der Waals surface area (Å²) in [6.07, 6.45) is 1.56. The van der Waals surface area contributed by atoms with Gasteiger partial charge >= 0.3 is 0 Å². The summed E-state index contributed by atoms with van der Waals surface area (Å²) in [4.78, 5) is 0. The minimum absolute atomic E-state index is 0.222. The van der Waals surface area contributed by atoms with Crippen molar-refractivity contribution in [2.75, 3.05) is 7.11 Å². The second kappa shape index (κ2) is 4.05. The summed E-state index contributed by atoms with van der Waals surface area (Å²) in [7, 11) is 1.42. The molecule has 0 heterocycles. The predicted octanol–water partition coefficient (Wildman–Crippen LogP) is 2.02. The molecule has 1 atom stereocenters. The number of benzene rings is 1. The molecule has 70 valence electrons. The third-order valence-corrected chi connectivity index (χ3v) is 1.81. The highest BCUT2D eigenvalue weighted by molar-refractivity contribution is 5.32. The molecule has 0 amide bonds. The smallest absolute Gasteiger partial charge is 0.165 e. The first-order valence-electron chi connectivity index (χ1n) is 3.90. The van der Waals surface area contributed by atoms with Gasteiger partial charge in [-0.05, 0) is 17.7 Å².